The molecule has 1 aromatic heterocycles. The first-order valence-electron chi connectivity index (χ1n) is 16.0. The van der Waals surface area contributed by atoms with E-state index in [1.54, 1.807) is 38.1 Å². The number of carbonyl (C=O) groups excluding carboxylic acids is 4. The fourth-order valence-corrected chi connectivity index (χ4v) is 6.43. The second-order valence-corrected chi connectivity index (χ2v) is 11.6. The van der Waals surface area contributed by atoms with E-state index in [-0.39, 0.29) is 53.2 Å². The van der Waals surface area contributed by atoms with Crippen LogP contribution in [0.25, 0.3) is 0 Å². The summed E-state index contributed by atoms with van der Waals surface area (Å²) in [7, 11) is 4.34. The van der Waals surface area contributed by atoms with E-state index in [0.29, 0.717) is 36.8 Å². The SMILES string of the molecule is CCOC(=O)C(NC(=O)c1ccc(N2CC3CC(C2)c2cccc(=O)n2C3)c(NC(=O)c2cc(OC)c(OC)c(OC)c2)c1)C(=O)OCC. The number of aromatic nitrogens is 1. The number of nitrogens with zero attached hydrogens (tertiary/aromatic N) is 2. The quantitative estimate of drug-likeness (QED) is 0.214. The van der Waals surface area contributed by atoms with Crippen LogP contribution in [0.4, 0.5) is 11.4 Å². The molecule has 49 heavy (non-hydrogen) atoms. The van der Waals surface area contributed by atoms with Crippen LogP contribution >= 0.6 is 0 Å². The number of nitrogens with one attached hydrogen (secondary N) is 2. The standard InChI is InChI=1S/C35H40N4O10/c1-6-48-34(43)30(35(44)49-7-2)37-32(41)21-11-12-26(38-17-20-13-23(19-38)25-9-8-10-29(40)39(25)18-20)24(14-21)36-33(42)22-15-27(45-3)31(47-5)28(16-22)46-4/h8-12,14-16,20,23,30H,6-7,13,17-19H2,1-5H3,(H,36,42)(H,37,41). The van der Waals surface area contributed by atoms with E-state index in [2.05, 4.69) is 15.5 Å². The van der Waals surface area contributed by atoms with Gasteiger partial charge in [0.15, 0.2) is 11.5 Å². The second kappa shape index (κ2) is 15.1. The van der Waals surface area contributed by atoms with E-state index < -0.39 is 29.8 Å². The lowest BCUT2D eigenvalue weighted by atomic mass is 9.83. The fourth-order valence-electron chi connectivity index (χ4n) is 6.43. The summed E-state index contributed by atoms with van der Waals surface area (Å²) in [6, 6.07) is 11.4. The third-order valence-electron chi connectivity index (χ3n) is 8.57. The molecule has 2 bridgehead atoms. The van der Waals surface area contributed by atoms with E-state index in [9.17, 15) is 24.0 Å². The predicted octanol–water partition coefficient (Wildman–Crippen LogP) is 2.97. The number of hydrogen-bond donors (Lipinski definition) is 2. The topological polar surface area (TPSA) is 164 Å². The van der Waals surface area contributed by atoms with Gasteiger partial charge in [-0.1, -0.05) is 6.07 Å². The molecule has 2 N–H and O–H groups in total. The highest BCUT2D eigenvalue weighted by atomic mass is 16.6. The van der Waals surface area contributed by atoms with E-state index in [1.165, 1.54) is 39.5 Å². The zero-order chi connectivity index (χ0) is 35.2. The molecule has 1 fully saturated rings. The number of fused-ring (bicyclic) bond motifs is 4. The average Bonchev–Trinajstić information content (AvgIpc) is 3.10. The molecule has 3 heterocycles. The number of anilines is 2. The van der Waals surface area contributed by atoms with Crippen molar-refractivity contribution in [2.75, 3.05) is 57.8 Å². The minimum Gasteiger partial charge on any atom is -0.493 e. The maximum atomic E-state index is 13.8. The van der Waals surface area contributed by atoms with Gasteiger partial charge in [-0.2, -0.15) is 0 Å². The summed E-state index contributed by atoms with van der Waals surface area (Å²) in [5, 5.41) is 5.35. The summed E-state index contributed by atoms with van der Waals surface area (Å²) in [5.74, 6) is -2.09. The third kappa shape index (κ3) is 7.32. The van der Waals surface area contributed by atoms with Crippen molar-refractivity contribution in [2.45, 2.75) is 38.8 Å². The number of carbonyl (C=O) groups is 4. The Labute approximate surface area is 283 Å². The number of esters is 2. The number of benzene rings is 2. The summed E-state index contributed by atoms with van der Waals surface area (Å²) in [4.78, 5) is 67.2. The van der Waals surface area contributed by atoms with Crippen molar-refractivity contribution < 1.29 is 42.9 Å². The Morgan fingerprint density at radius 1 is 0.816 bits per heavy atom. The molecule has 1 saturated heterocycles. The number of pyridine rings is 1. The van der Waals surface area contributed by atoms with Gasteiger partial charge in [0, 0.05) is 48.4 Å². The molecular weight excluding hydrogens is 636 g/mol. The van der Waals surface area contributed by atoms with Crippen molar-refractivity contribution in [2.24, 2.45) is 5.92 Å². The fraction of sp³-hybridized carbons (Fsp3) is 0.400. The Hall–Kier alpha value is -5.53. The molecule has 14 nitrogen and oxygen atoms in total. The molecule has 14 heteroatoms. The van der Waals surface area contributed by atoms with Crippen LogP contribution < -0.4 is 35.3 Å². The van der Waals surface area contributed by atoms with Crippen LogP contribution in [0.5, 0.6) is 17.2 Å². The van der Waals surface area contributed by atoms with Crippen molar-refractivity contribution >= 4 is 35.1 Å². The molecule has 0 radical (unpaired) electrons. The molecule has 2 atom stereocenters. The number of rotatable bonds is 12. The Balaban J connectivity index is 1.51. The molecule has 2 amide bonds. The average molecular weight is 677 g/mol. The van der Waals surface area contributed by atoms with Gasteiger partial charge in [0.2, 0.25) is 11.8 Å². The molecular formula is C35H40N4O10. The van der Waals surface area contributed by atoms with Crippen LogP contribution in [0, 0.1) is 5.92 Å². The van der Waals surface area contributed by atoms with Crippen LogP contribution in [-0.2, 0) is 25.6 Å². The number of piperidine rings is 1. The van der Waals surface area contributed by atoms with Gasteiger partial charge in [0.05, 0.1) is 45.9 Å². The van der Waals surface area contributed by atoms with Crippen LogP contribution in [0.3, 0.4) is 0 Å². The largest absolute Gasteiger partial charge is 0.493 e. The molecule has 2 unspecified atom stereocenters. The summed E-state index contributed by atoms with van der Waals surface area (Å²) in [6.45, 7) is 4.87. The molecule has 2 aliphatic rings. The van der Waals surface area contributed by atoms with Gasteiger partial charge < -0.3 is 43.8 Å². The normalized spacial score (nSPS) is 16.2. The lowest BCUT2D eigenvalue weighted by Gasteiger charge is -2.44. The molecule has 3 aromatic rings. The summed E-state index contributed by atoms with van der Waals surface area (Å²) in [5.41, 5.74) is 2.14. The van der Waals surface area contributed by atoms with E-state index in [0.717, 1.165) is 12.1 Å². The van der Waals surface area contributed by atoms with Crippen LogP contribution in [0.1, 0.15) is 52.6 Å². The van der Waals surface area contributed by atoms with Gasteiger partial charge in [0.1, 0.15) is 0 Å². The molecule has 5 rings (SSSR count). The van der Waals surface area contributed by atoms with Crippen molar-refractivity contribution in [3.63, 3.8) is 0 Å². The Kier molecular flexibility index (Phi) is 10.7. The monoisotopic (exact) mass is 676 g/mol. The van der Waals surface area contributed by atoms with Gasteiger partial charge in [-0.3, -0.25) is 14.4 Å². The molecule has 2 aromatic carbocycles. The summed E-state index contributed by atoms with van der Waals surface area (Å²) in [6.07, 6.45) is 0.913. The van der Waals surface area contributed by atoms with Crippen LogP contribution in [-0.4, -0.2) is 82.0 Å². The first-order valence-corrected chi connectivity index (χ1v) is 16.0. The number of hydrogen-bond acceptors (Lipinski definition) is 11. The first-order chi connectivity index (χ1) is 23.6. The predicted molar refractivity (Wildman–Crippen MR) is 179 cm³/mol. The van der Waals surface area contributed by atoms with Gasteiger partial charge in [-0.05, 0) is 62.6 Å². The summed E-state index contributed by atoms with van der Waals surface area (Å²) < 4.78 is 28.1. The number of methoxy groups -OCH3 is 3. The van der Waals surface area contributed by atoms with E-state index in [4.69, 9.17) is 23.7 Å². The Morgan fingerprint density at radius 2 is 1.49 bits per heavy atom. The molecule has 2 aliphatic heterocycles. The second-order valence-electron chi connectivity index (χ2n) is 11.6. The van der Waals surface area contributed by atoms with Crippen LogP contribution in [0.2, 0.25) is 0 Å². The maximum absolute atomic E-state index is 13.8. The summed E-state index contributed by atoms with van der Waals surface area (Å²) >= 11 is 0. The van der Waals surface area contributed by atoms with Crippen molar-refractivity contribution in [1.29, 1.82) is 0 Å². The third-order valence-corrected chi connectivity index (χ3v) is 8.57. The Morgan fingerprint density at radius 3 is 2.10 bits per heavy atom. The molecule has 260 valence electrons. The van der Waals surface area contributed by atoms with Gasteiger partial charge in [-0.25, -0.2) is 9.59 Å². The van der Waals surface area contributed by atoms with Crippen molar-refractivity contribution in [3.05, 3.63) is 75.7 Å². The van der Waals surface area contributed by atoms with Gasteiger partial charge in [-0.15, -0.1) is 0 Å². The van der Waals surface area contributed by atoms with Gasteiger partial charge >= 0.3 is 11.9 Å². The molecule has 0 spiro atoms. The highest BCUT2D eigenvalue weighted by molar-refractivity contribution is 6.09. The highest BCUT2D eigenvalue weighted by Crippen LogP contribution is 2.41. The van der Waals surface area contributed by atoms with Crippen LogP contribution in [0.15, 0.2) is 53.3 Å². The minimum absolute atomic E-state index is 0.00660. The zero-order valence-electron chi connectivity index (χ0n) is 28.1. The Bertz CT molecular complexity index is 1760. The maximum Gasteiger partial charge on any atom is 0.340 e. The zero-order valence-corrected chi connectivity index (χ0v) is 28.1. The molecule has 0 aliphatic carbocycles. The molecule has 0 saturated carbocycles. The number of amides is 2. The first kappa shape index (κ1) is 34.8. The smallest absolute Gasteiger partial charge is 0.340 e. The minimum atomic E-state index is -1.69. The van der Waals surface area contributed by atoms with E-state index >= 15 is 0 Å². The number of ether oxygens (including phenoxy) is 5. The van der Waals surface area contributed by atoms with Gasteiger partial charge in [0.25, 0.3) is 17.4 Å². The lowest BCUT2D eigenvalue weighted by molar-refractivity contribution is -0.157. The highest BCUT2D eigenvalue weighted by Gasteiger charge is 2.36. The lowest BCUT2D eigenvalue weighted by Crippen LogP contribution is -2.48. The van der Waals surface area contributed by atoms with Crippen molar-refractivity contribution in [1.82, 2.24) is 9.88 Å². The van der Waals surface area contributed by atoms with E-state index in [1.807, 2.05) is 10.6 Å². The van der Waals surface area contributed by atoms with Crippen molar-refractivity contribution in [3.8, 4) is 17.2 Å².